The van der Waals surface area contributed by atoms with E-state index < -0.39 is 10.0 Å². The van der Waals surface area contributed by atoms with Crippen LogP contribution in [0, 0.1) is 0 Å². The molecule has 4 rings (SSSR count). The van der Waals surface area contributed by atoms with E-state index >= 15 is 0 Å². The summed E-state index contributed by atoms with van der Waals surface area (Å²) in [5, 5.41) is 11.9. The molecule has 0 spiro atoms. The van der Waals surface area contributed by atoms with Crippen molar-refractivity contribution < 1.29 is 32.2 Å². The van der Waals surface area contributed by atoms with Gasteiger partial charge in [-0.25, -0.2) is 22.7 Å². The average molecular weight is 752 g/mol. The van der Waals surface area contributed by atoms with Crippen molar-refractivity contribution in [2.75, 3.05) is 83.5 Å². The maximum absolute atomic E-state index is 12.8. The lowest BCUT2D eigenvalue weighted by Gasteiger charge is -2.33. The molecule has 3 aromatic rings. The van der Waals surface area contributed by atoms with Crippen LogP contribution in [0.2, 0.25) is 10.0 Å². The molecule has 0 bridgehead atoms. The number of benzene rings is 3. The third-order valence-corrected chi connectivity index (χ3v) is 9.67. The quantitative estimate of drug-likeness (QED) is 0.115. The molecule has 16 heteroatoms. The van der Waals surface area contributed by atoms with Crippen LogP contribution in [0.4, 0.5) is 21.0 Å². The zero-order chi connectivity index (χ0) is 35.9. The first-order chi connectivity index (χ1) is 24.1. The minimum absolute atomic E-state index is 0.0185. The van der Waals surface area contributed by atoms with E-state index in [9.17, 15) is 18.0 Å². The van der Waals surface area contributed by atoms with Gasteiger partial charge in [-0.2, -0.15) is 0 Å². The van der Waals surface area contributed by atoms with Crippen LogP contribution in [0.5, 0.6) is 0 Å². The summed E-state index contributed by atoms with van der Waals surface area (Å²) in [6, 6.07) is 16.6. The van der Waals surface area contributed by atoms with Gasteiger partial charge in [0.2, 0.25) is 10.0 Å². The summed E-state index contributed by atoms with van der Waals surface area (Å²) < 4.78 is 44.6. The van der Waals surface area contributed by atoms with E-state index in [0.29, 0.717) is 67.5 Å². The van der Waals surface area contributed by atoms with Crippen LogP contribution in [0.1, 0.15) is 29.5 Å². The highest BCUT2D eigenvalue weighted by atomic mass is 35.5. The number of carbonyl (C=O) groups excluding carboxylic acids is 2. The fraction of sp³-hybridized carbons (Fsp3) is 0.412. The van der Waals surface area contributed by atoms with E-state index in [0.717, 1.165) is 29.8 Å². The predicted octanol–water partition coefficient (Wildman–Crippen LogP) is 4.86. The minimum atomic E-state index is -3.71. The van der Waals surface area contributed by atoms with Crippen molar-refractivity contribution in [2.24, 2.45) is 0 Å². The van der Waals surface area contributed by atoms with Gasteiger partial charge in [0.1, 0.15) is 0 Å². The second kappa shape index (κ2) is 19.8. The third kappa shape index (κ3) is 12.4. The van der Waals surface area contributed by atoms with Gasteiger partial charge in [0, 0.05) is 60.1 Å². The number of hydrogen-bond donors (Lipinski definition) is 5. The third-order valence-electron chi connectivity index (χ3n) is 7.64. The van der Waals surface area contributed by atoms with E-state index in [4.69, 9.17) is 37.4 Å². The molecule has 50 heavy (non-hydrogen) atoms. The van der Waals surface area contributed by atoms with Crippen LogP contribution in [-0.4, -0.2) is 98.2 Å². The van der Waals surface area contributed by atoms with Crippen molar-refractivity contribution >= 4 is 56.7 Å². The summed E-state index contributed by atoms with van der Waals surface area (Å²) in [5.41, 5.74) is 4.27. The van der Waals surface area contributed by atoms with Crippen molar-refractivity contribution in [1.82, 2.24) is 20.3 Å². The number of anilines is 2. The Labute approximate surface area is 303 Å². The summed E-state index contributed by atoms with van der Waals surface area (Å²) in [6.45, 7) is 6.07. The predicted molar refractivity (Wildman–Crippen MR) is 195 cm³/mol. The molecule has 0 aromatic heterocycles. The van der Waals surface area contributed by atoms with Gasteiger partial charge in [0.15, 0.2) is 0 Å². The fourth-order valence-electron chi connectivity index (χ4n) is 5.27. The lowest BCUT2D eigenvalue weighted by molar-refractivity contribution is 0.0165. The standard InChI is InChI=1S/C34H44Cl2N6O7S/c1-3-37-33(43)40-26-6-8-27(9-7-26)41-34(44)38-12-14-47-16-18-49-19-17-48-15-13-39-50(45,46)28-10-4-24(5-11-28)30-22-42(2)23-31-29(30)20-25(35)21-32(31)36/h4-11,20-21,30,39H,3,12-19,22-23H2,1-2H3,(H2,37,40,43)(H2,38,41,44)/t30-/m0/s1. The minimum Gasteiger partial charge on any atom is -0.378 e. The molecule has 5 N–H and O–H groups in total. The number of fused-ring (bicyclic) bond motifs is 1. The molecule has 0 aliphatic carbocycles. The molecule has 1 aliphatic heterocycles. The maximum atomic E-state index is 12.8. The zero-order valence-electron chi connectivity index (χ0n) is 28.1. The highest BCUT2D eigenvalue weighted by molar-refractivity contribution is 7.89. The lowest BCUT2D eigenvalue weighted by Crippen LogP contribution is -2.31. The Hall–Kier alpha value is -3.47. The molecule has 0 unspecified atom stereocenters. The molecule has 0 fully saturated rings. The van der Waals surface area contributed by atoms with Gasteiger partial charge in [0.05, 0.1) is 44.5 Å². The second-order valence-corrected chi connectivity index (χ2v) is 14.1. The van der Waals surface area contributed by atoms with Gasteiger partial charge >= 0.3 is 12.1 Å². The molecule has 272 valence electrons. The largest absolute Gasteiger partial charge is 0.378 e. The van der Waals surface area contributed by atoms with Crippen molar-refractivity contribution in [3.63, 3.8) is 0 Å². The monoisotopic (exact) mass is 750 g/mol. The SMILES string of the molecule is CCNC(=O)Nc1ccc(NC(=O)NCCOCCOCCOCCNS(=O)(=O)c2ccc([C@@H]3CN(C)Cc4c(Cl)cc(Cl)cc43)cc2)cc1. The fourth-order valence-corrected chi connectivity index (χ4v) is 6.85. The molecule has 4 amide bonds. The van der Waals surface area contributed by atoms with Gasteiger partial charge in [0.25, 0.3) is 0 Å². The Bertz CT molecular complexity index is 1660. The van der Waals surface area contributed by atoms with Gasteiger partial charge in [-0.05, 0) is 79.2 Å². The van der Waals surface area contributed by atoms with Crippen LogP contribution < -0.4 is 26.0 Å². The maximum Gasteiger partial charge on any atom is 0.319 e. The van der Waals surface area contributed by atoms with E-state index in [1.807, 2.05) is 32.2 Å². The number of halogens is 2. The number of hydrogen-bond acceptors (Lipinski definition) is 8. The molecule has 1 heterocycles. The number of carbonyl (C=O) groups is 2. The van der Waals surface area contributed by atoms with Gasteiger partial charge in [-0.3, -0.25) is 0 Å². The first kappa shape index (κ1) is 39.3. The van der Waals surface area contributed by atoms with Crippen LogP contribution in [0.3, 0.4) is 0 Å². The highest BCUT2D eigenvalue weighted by Gasteiger charge is 2.27. The molecule has 0 saturated carbocycles. The van der Waals surface area contributed by atoms with E-state index in [1.165, 1.54) is 0 Å². The van der Waals surface area contributed by atoms with Crippen molar-refractivity contribution in [3.05, 3.63) is 87.4 Å². The molecule has 0 saturated heterocycles. The molecule has 0 radical (unpaired) electrons. The normalized spacial score (nSPS) is 14.5. The van der Waals surface area contributed by atoms with Crippen LogP contribution in [0.25, 0.3) is 0 Å². The summed E-state index contributed by atoms with van der Waals surface area (Å²) in [7, 11) is -1.68. The van der Waals surface area contributed by atoms with Gasteiger partial charge in [-0.15, -0.1) is 0 Å². The first-order valence-electron chi connectivity index (χ1n) is 16.2. The van der Waals surface area contributed by atoms with E-state index in [-0.39, 0.29) is 36.0 Å². The van der Waals surface area contributed by atoms with Crippen molar-refractivity contribution in [3.8, 4) is 0 Å². The summed E-state index contributed by atoms with van der Waals surface area (Å²) in [6.07, 6.45) is 0. The summed E-state index contributed by atoms with van der Waals surface area (Å²) in [5.74, 6) is 0.0185. The number of nitrogens with one attached hydrogen (secondary N) is 5. The molecule has 3 aromatic carbocycles. The van der Waals surface area contributed by atoms with Crippen LogP contribution in [0.15, 0.2) is 65.6 Å². The Kier molecular flexibility index (Phi) is 15.6. The zero-order valence-corrected chi connectivity index (χ0v) is 30.4. The number of sulfonamides is 1. The molecule has 1 atom stereocenters. The van der Waals surface area contributed by atoms with E-state index in [1.54, 1.807) is 42.5 Å². The summed E-state index contributed by atoms with van der Waals surface area (Å²) in [4.78, 5) is 26.0. The highest BCUT2D eigenvalue weighted by Crippen LogP contribution is 2.38. The van der Waals surface area contributed by atoms with E-state index in [2.05, 4.69) is 30.9 Å². The average Bonchev–Trinajstić information content (AvgIpc) is 3.08. The summed E-state index contributed by atoms with van der Waals surface area (Å²) >= 11 is 12.8. The topological polar surface area (TPSA) is 159 Å². The Balaban J connectivity index is 1.03. The van der Waals surface area contributed by atoms with Crippen LogP contribution >= 0.6 is 23.2 Å². The number of ether oxygens (including phenoxy) is 3. The number of rotatable bonds is 18. The van der Waals surface area contributed by atoms with Crippen molar-refractivity contribution in [1.29, 1.82) is 0 Å². The van der Waals surface area contributed by atoms with Crippen LogP contribution in [-0.2, 0) is 30.8 Å². The number of nitrogens with zero attached hydrogens (tertiary/aromatic N) is 1. The smallest absolute Gasteiger partial charge is 0.319 e. The molecular weight excluding hydrogens is 707 g/mol. The molecule has 13 nitrogen and oxygen atoms in total. The Morgan fingerprint density at radius 3 is 1.96 bits per heavy atom. The lowest BCUT2D eigenvalue weighted by atomic mass is 9.85. The Morgan fingerprint density at radius 2 is 1.36 bits per heavy atom. The molecule has 1 aliphatic rings. The van der Waals surface area contributed by atoms with Gasteiger partial charge in [-0.1, -0.05) is 35.3 Å². The van der Waals surface area contributed by atoms with Gasteiger partial charge < -0.3 is 40.4 Å². The Morgan fingerprint density at radius 1 is 0.800 bits per heavy atom. The number of amides is 4. The number of urea groups is 2. The molecular formula is C34H44Cl2N6O7S. The first-order valence-corrected chi connectivity index (χ1v) is 18.5. The van der Waals surface area contributed by atoms with Crippen molar-refractivity contribution in [2.45, 2.75) is 24.3 Å². The second-order valence-electron chi connectivity index (χ2n) is 11.5. The number of likely N-dealkylation sites (N-methyl/N-ethyl adjacent to an activating group) is 1.